The van der Waals surface area contributed by atoms with Crippen LogP contribution in [0.4, 0.5) is 5.69 Å². The fraction of sp³-hybridized carbons (Fsp3) is 0.0588. The zero-order valence-corrected chi connectivity index (χ0v) is 17.2. The first-order valence-electron chi connectivity index (χ1n) is 7.62. The zero-order chi connectivity index (χ0) is 19.4. The zero-order valence-electron chi connectivity index (χ0n) is 14.0. The summed E-state index contributed by atoms with van der Waals surface area (Å²) >= 11 is 8.38. The van der Waals surface area contributed by atoms with Crippen molar-refractivity contribution in [2.75, 3.05) is 4.72 Å². The maximum atomic E-state index is 12.2. The van der Waals surface area contributed by atoms with Crippen molar-refractivity contribution >= 4 is 61.6 Å². The standard InChI is InChI=1S/C17H14ClN3O3S3/c1-11(14-8-9-15(18)26-14)19-20-17(22)12-4-6-13(7-5-12)21-27(23,24)16-3-2-10-25-16/h2-10,21H,1H3,(H,20,22)/b19-11+. The van der Waals surface area contributed by atoms with Crippen LogP contribution in [0.25, 0.3) is 0 Å². The van der Waals surface area contributed by atoms with Crippen LogP contribution in [0.15, 0.2) is 63.2 Å². The number of nitrogens with one attached hydrogen (secondary N) is 2. The Hall–Kier alpha value is -2.20. The molecule has 0 atom stereocenters. The molecule has 0 saturated heterocycles. The third-order valence-corrected chi connectivity index (χ3v) is 7.53. The van der Waals surface area contributed by atoms with Gasteiger partial charge in [0.15, 0.2) is 0 Å². The molecule has 140 valence electrons. The van der Waals surface area contributed by atoms with Crippen molar-refractivity contribution in [2.24, 2.45) is 5.10 Å². The molecule has 0 aliphatic heterocycles. The Morgan fingerprint density at radius 3 is 2.44 bits per heavy atom. The van der Waals surface area contributed by atoms with E-state index in [2.05, 4.69) is 15.2 Å². The molecule has 2 heterocycles. The van der Waals surface area contributed by atoms with Crippen molar-refractivity contribution in [3.63, 3.8) is 0 Å². The summed E-state index contributed by atoms with van der Waals surface area (Å²) in [6, 6.07) is 12.9. The van der Waals surface area contributed by atoms with Gasteiger partial charge >= 0.3 is 0 Å². The van der Waals surface area contributed by atoms with E-state index in [0.717, 1.165) is 16.2 Å². The van der Waals surface area contributed by atoms with Gasteiger partial charge in [-0.3, -0.25) is 9.52 Å². The van der Waals surface area contributed by atoms with Crippen LogP contribution in [0.5, 0.6) is 0 Å². The summed E-state index contributed by atoms with van der Waals surface area (Å²) in [5.41, 5.74) is 3.84. The van der Waals surface area contributed by atoms with Crippen molar-refractivity contribution < 1.29 is 13.2 Å². The molecule has 0 radical (unpaired) electrons. The van der Waals surface area contributed by atoms with E-state index in [0.29, 0.717) is 21.3 Å². The van der Waals surface area contributed by atoms with Gasteiger partial charge in [0, 0.05) is 11.3 Å². The molecule has 0 aliphatic rings. The van der Waals surface area contributed by atoms with Crippen molar-refractivity contribution in [2.45, 2.75) is 11.1 Å². The number of carbonyl (C=O) groups is 1. The number of hydrazone groups is 1. The molecule has 0 bridgehead atoms. The van der Waals surface area contributed by atoms with E-state index < -0.39 is 15.9 Å². The van der Waals surface area contributed by atoms with Gasteiger partial charge in [-0.05, 0) is 54.8 Å². The summed E-state index contributed by atoms with van der Waals surface area (Å²) in [5.74, 6) is -0.398. The summed E-state index contributed by atoms with van der Waals surface area (Å²) in [5, 5.41) is 5.75. The number of amides is 1. The number of hydrogen-bond donors (Lipinski definition) is 2. The van der Waals surface area contributed by atoms with Crippen LogP contribution in [0, 0.1) is 0 Å². The topological polar surface area (TPSA) is 87.6 Å². The molecule has 3 rings (SSSR count). The second-order valence-corrected chi connectivity index (χ2v) is 9.93. The van der Waals surface area contributed by atoms with Gasteiger partial charge in [0.2, 0.25) is 0 Å². The van der Waals surface area contributed by atoms with Gasteiger partial charge in [-0.1, -0.05) is 17.7 Å². The molecule has 0 fully saturated rings. The highest BCUT2D eigenvalue weighted by molar-refractivity contribution is 7.94. The third-order valence-electron chi connectivity index (χ3n) is 3.41. The normalized spacial score (nSPS) is 12.0. The van der Waals surface area contributed by atoms with Crippen LogP contribution in [0.1, 0.15) is 22.2 Å². The van der Waals surface area contributed by atoms with Gasteiger partial charge in [-0.25, -0.2) is 13.8 Å². The van der Waals surface area contributed by atoms with Crippen LogP contribution >= 0.6 is 34.3 Å². The SMILES string of the molecule is C/C(=N\NC(=O)c1ccc(NS(=O)(=O)c2cccs2)cc1)c1ccc(Cl)s1. The summed E-state index contributed by atoms with van der Waals surface area (Å²) in [4.78, 5) is 13.1. The molecule has 0 spiro atoms. The minimum Gasteiger partial charge on any atom is -0.279 e. The van der Waals surface area contributed by atoms with Gasteiger partial charge in [-0.2, -0.15) is 5.10 Å². The molecule has 2 N–H and O–H groups in total. The second kappa shape index (κ2) is 8.22. The van der Waals surface area contributed by atoms with Gasteiger partial charge < -0.3 is 0 Å². The summed E-state index contributed by atoms with van der Waals surface area (Å²) in [6.07, 6.45) is 0. The minimum atomic E-state index is -3.62. The predicted molar refractivity (Wildman–Crippen MR) is 111 cm³/mol. The van der Waals surface area contributed by atoms with E-state index in [1.165, 1.54) is 41.7 Å². The van der Waals surface area contributed by atoms with Crippen molar-refractivity contribution in [1.82, 2.24) is 5.43 Å². The monoisotopic (exact) mass is 439 g/mol. The minimum absolute atomic E-state index is 0.225. The van der Waals surface area contributed by atoms with Gasteiger partial charge in [0.1, 0.15) is 4.21 Å². The average molecular weight is 440 g/mol. The first-order chi connectivity index (χ1) is 12.8. The highest BCUT2D eigenvalue weighted by Gasteiger charge is 2.15. The first kappa shape index (κ1) is 19.6. The summed E-state index contributed by atoms with van der Waals surface area (Å²) in [7, 11) is -3.62. The number of benzene rings is 1. The molecule has 6 nitrogen and oxygen atoms in total. The Balaban J connectivity index is 1.65. The average Bonchev–Trinajstić information content (AvgIpc) is 3.32. The van der Waals surface area contributed by atoms with E-state index in [4.69, 9.17) is 11.6 Å². The molecule has 10 heteroatoms. The predicted octanol–water partition coefficient (Wildman–Crippen LogP) is 4.42. The lowest BCUT2D eigenvalue weighted by Gasteiger charge is -2.07. The van der Waals surface area contributed by atoms with Crippen LogP contribution in [-0.2, 0) is 10.0 Å². The lowest BCUT2D eigenvalue weighted by atomic mass is 10.2. The Labute approximate surface area is 169 Å². The highest BCUT2D eigenvalue weighted by Crippen LogP contribution is 2.22. The quantitative estimate of drug-likeness (QED) is 0.440. The number of rotatable bonds is 6. The number of sulfonamides is 1. The number of hydrogen-bond acceptors (Lipinski definition) is 6. The highest BCUT2D eigenvalue weighted by atomic mass is 35.5. The summed E-state index contributed by atoms with van der Waals surface area (Å²) in [6.45, 7) is 1.77. The lowest BCUT2D eigenvalue weighted by Crippen LogP contribution is -2.19. The molecule has 2 aromatic heterocycles. The maximum absolute atomic E-state index is 12.2. The van der Waals surface area contributed by atoms with Crippen molar-refractivity contribution in [3.05, 3.63) is 68.7 Å². The Kier molecular flexibility index (Phi) is 5.95. The van der Waals surface area contributed by atoms with Crippen LogP contribution < -0.4 is 10.1 Å². The molecule has 1 aromatic carbocycles. The molecule has 27 heavy (non-hydrogen) atoms. The smallest absolute Gasteiger partial charge is 0.271 e. The first-order valence-corrected chi connectivity index (χ1v) is 11.2. The number of thiophene rings is 2. The van der Waals surface area contributed by atoms with E-state index in [-0.39, 0.29) is 4.21 Å². The number of carbonyl (C=O) groups excluding carboxylic acids is 1. The van der Waals surface area contributed by atoms with E-state index >= 15 is 0 Å². The Bertz CT molecular complexity index is 1070. The van der Waals surface area contributed by atoms with Gasteiger partial charge in [-0.15, -0.1) is 22.7 Å². The summed E-state index contributed by atoms with van der Waals surface area (Å²) < 4.78 is 27.7. The number of nitrogens with zero attached hydrogens (tertiary/aromatic N) is 1. The molecule has 0 unspecified atom stereocenters. The van der Waals surface area contributed by atoms with Crippen molar-refractivity contribution in [1.29, 1.82) is 0 Å². The van der Waals surface area contributed by atoms with Crippen molar-refractivity contribution in [3.8, 4) is 0 Å². The molecule has 3 aromatic rings. The fourth-order valence-corrected chi connectivity index (χ4v) is 5.11. The molecular formula is C17H14ClN3O3S3. The molecule has 0 aliphatic carbocycles. The van der Waals surface area contributed by atoms with E-state index in [9.17, 15) is 13.2 Å². The van der Waals surface area contributed by atoms with Crippen LogP contribution in [-0.4, -0.2) is 20.0 Å². The van der Waals surface area contributed by atoms with Gasteiger partial charge in [0.05, 0.1) is 14.9 Å². The lowest BCUT2D eigenvalue weighted by molar-refractivity contribution is 0.0955. The number of halogens is 1. The molecular weight excluding hydrogens is 426 g/mol. The maximum Gasteiger partial charge on any atom is 0.271 e. The largest absolute Gasteiger partial charge is 0.279 e. The van der Waals surface area contributed by atoms with E-state index in [1.54, 1.807) is 24.4 Å². The third kappa shape index (κ3) is 4.95. The second-order valence-electron chi connectivity index (χ2n) is 5.36. The van der Waals surface area contributed by atoms with E-state index in [1.807, 2.05) is 6.07 Å². The van der Waals surface area contributed by atoms with Crippen LogP contribution in [0.2, 0.25) is 4.34 Å². The Morgan fingerprint density at radius 1 is 1.11 bits per heavy atom. The molecule has 1 amide bonds. The molecule has 0 saturated carbocycles. The fourth-order valence-electron chi connectivity index (χ4n) is 2.07. The number of anilines is 1. The van der Waals surface area contributed by atoms with Gasteiger partial charge in [0.25, 0.3) is 15.9 Å². The van der Waals surface area contributed by atoms with Crippen LogP contribution in [0.3, 0.4) is 0 Å². The Morgan fingerprint density at radius 2 is 1.85 bits per heavy atom.